The summed E-state index contributed by atoms with van der Waals surface area (Å²) in [6, 6.07) is 7.15. The van der Waals surface area contributed by atoms with Gasteiger partial charge in [0.1, 0.15) is 11.4 Å². The molecule has 0 unspecified atom stereocenters. The number of carbonyl (C=O) groups excluding carboxylic acids is 1. The van der Waals surface area contributed by atoms with Crippen LogP contribution in [0.15, 0.2) is 24.3 Å². The van der Waals surface area contributed by atoms with E-state index in [1.165, 1.54) is 16.2 Å². The van der Waals surface area contributed by atoms with E-state index in [0.717, 1.165) is 0 Å². The van der Waals surface area contributed by atoms with Crippen LogP contribution >= 0.6 is 23.6 Å². The summed E-state index contributed by atoms with van der Waals surface area (Å²) in [7, 11) is 1.54. The Labute approximate surface area is 137 Å². The minimum Gasteiger partial charge on any atom is -0.495 e. The van der Waals surface area contributed by atoms with Gasteiger partial charge in [0.15, 0.2) is 3.95 Å². The number of aromatic nitrogens is 2. The molecule has 6 nitrogen and oxygen atoms in total. The van der Waals surface area contributed by atoms with Crippen molar-refractivity contribution in [2.75, 3.05) is 12.0 Å². The van der Waals surface area contributed by atoms with Crippen LogP contribution in [0.25, 0.3) is 0 Å². The van der Waals surface area contributed by atoms with Gasteiger partial charge in [0.25, 0.3) is 0 Å². The number of aromatic amines is 1. The maximum Gasteiger partial charge on any atom is 0.421 e. The Bertz CT molecular complexity index is 718. The Morgan fingerprint density at radius 2 is 2.05 bits per heavy atom. The molecule has 0 atom stereocenters. The lowest BCUT2D eigenvalue weighted by molar-refractivity contribution is 0.0598. The molecule has 0 spiro atoms. The van der Waals surface area contributed by atoms with Gasteiger partial charge in [0.2, 0.25) is 5.13 Å². The predicted molar refractivity (Wildman–Crippen MR) is 88.7 cm³/mol. The molecule has 0 bridgehead atoms. The molecule has 0 aliphatic rings. The Morgan fingerprint density at radius 1 is 1.36 bits per heavy atom. The van der Waals surface area contributed by atoms with Gasteiger partial charge in [-0.1, -0.05) is 23.5 Å². The first-order chi connectivity index (χ1) is 10.3. The molecule has 0 saturated carbocycles. The van der Waals surface area contributed by atoms with Crippen molar-refractivity contribution in [1.29, 1.82) is 0 Å². The standard InChI is InChI=1S/C14H17N3O3S2/c1-14(2,3)20-13(18)17(11-15-16-12(21)22-11)9-7-5-6-8-10(9)19-4/h5-8H,1-4H3,(H,16,21). The fourth-order valence-corrected chi connectivity index (χ4v) is 2.60. The van der Waals surface area contributed by atoms with Gasteiger partial charge in [-0.2, -0.15) is 0 Å². The van der Waals surface area contributed by atoms with Crippen molar-refractivity contribution in [3.8, 4) is 5.75 Å². The summed E-state index contributed by atoms with van der Waals surface area (Å²) >= 11 is 6.23. The maximum absolute atomic E-state index is 12.6. The number of nitrogens with zero attached hydrogens (tertiary/aromatic N) is 2. The van der Waals surface area contributed by atoms with Crippen molar-refractivity contribution in [3.05, 3.63) is 28.2 Å². The monoisotopic (exact) mass is 339 g/mol. The zero-order valence-electron chi connectivity index (χ0n) is 12.7. The van der Waals surface area contributed by atoms with Crippen molar-refractivity contribution in [3.63, 3.8) is 0 Å². The molecule has 118 valence electrons. The number of hydrogen-bond donors (Lipinski definition) is 1. The van der Waals surface area contributed by atoms with Crippen LogP contribution in [0.3, 0.4) is 0 Å². The van der Waals surface area contributed by atoms with Gasteiger partial charge in [-0.15, -0.1) is 5.10 Å². The van der Waals surface area contributed by atoms with E-state index >= 15 is 0 Å². The van der Waals surface area contributed by atoms with Crippen molar-refractivity contribution in [1.82, 2.24) is 10.2 Å². The Balaban J connectivity index is 2.51. The molecule has 2 rings (SSSR count). The average molecular weight is 339 g/mol. The van der Waals surface area contributed by atoms with Crippen LogP contribution in [0.2, 0.25) is 0 Å². The number of H-pyrrole nitrogens is 1. The van der Waals surface area contributed by atoms with Gasteiger partial charge in [-0.05, 0) is 45.1 Å². The van der Waals surface area contributed by atoms with Crippen molar-refractivity contribution < 1.29 is 14.3 Å². The highest BCUT2D eigenvalue weighted by atomic mass is 32.1. The third-order valence-corrected chi connectivity index (χ3v) is 3.59. The molecule has 1 heterocycles. The summed E-state index contributed by atoms with van der Waals surface area (Å²) in [5.74, 6) is 0.537. The predicted octanol–water partition coefficient (Wildman–Crippen LogP) is 4.28. The zero-order chi connectivity index (χ0) is 16.3. The Kier molecular flexibility index (Phi) is 4.82. The fraction of sp³-hybridized carbons (Fsp3) is 0.357. The lowest BCUT2D eigenvalue weighted by Crippen LogP contribution is -2.34. The molecule has 0 fully saturated rings. The SMILES string of the molecule is COc1ccccc1N(C(=O)OC(C)(C)C)c1n[nH]c(=S)s1. The smallest absolute Gasteiger partial charge is 0.421 e. The molecule has 1 amide bonds. The molecule has 0 radical (unpaired) electrons. The number of nitrogens with one attached hydrogen (secondary N) is 1. The first kappa shape index (κ1) is 16.4. The summed E-state index contributed by atoms with van der Waals surface area (Å²) in [6.45, 7) is 5.41. The van der Waals surface area contributed by atoms with E-state index in [1.807, 2.05) is 6.07 Å². The topological polar surface area (TPSA) is 67.4 Å². The zero-order valence-corrected chi connectivity index (χ0v) is 14.4. The summed E-state index contributed by atoms with van der Waals surface area (Å²) in [5.41, 5.74) is -0.0910. The normalized spacial score (nSPS) is 11.1. The second kappa shape index (κ2) is 6.45. The Morgan fingerprint density at radius 3 is 2.59 bits per heavy atom. The van der Waals surface area contributed by atoms with E-state index in [9.17, 15) is 4.79 Å². The first-order valence-corrected chi connectivity index (χ1v) is 7.76. The number of para-hydroxylation sites is 2. The number of anilines is 2. The third-order valence-electron chi connectivity index (χ3n) is 2.52. The molecule has 22 heavy (non-hydrogen) atoms. The van der Waals surface area contributed by atoms with Gasteiger partial charge in [0, 0.05) is 0 Å². The van der Waals surface area contributed by atoms with Gasteiger partial charge in [0.05, 0.1) is 12.8 Å². The summed E-state index contributed by atoms with van der Waals surface area (Å²) in [6.07, 6.45) is -0.547. The van der Waals surface area contributed by atoms with E-state index in [0.29, 0.717) is 20.5 Å². The molecule has 0 aliphatic carbocycles. The number of hydrogen-bond acceptors (Lipinski definition) is 6. The van der Waals surface area contributed by atoms with Crippen molar-refractivity contribution in [2.24, 2.45) is 0 Å². The van der Waals surface area contributed by atoms with Crippen molar-refractivity contribution >= 4 is 40.5 Å². The molecular formula is C14H17N3O3S2. The van der Waals surface area contributed by atoms with Gasteiger partial charge >= 0.3 is 6.09 Å². The minimum atomic E-state index is -0.630. The van der Waals surface area contributed by atoms with E-state index in [1.54, 1.807) is 46.1 Å². The number of amides is 1. The number of rotatable bonds is 3. The van der Waals surface area contributed by atoms with Crippen LogP contribution in [-0.4, -0.2) is 29.0 Å². The van der Waals surface area contributed by atoms with E-state index in [-0.39, 0.29) is 0 Å². The molecule has 0 saturated heterocycles. The first-order valence-electron chi connectivity index (χ1n) is 6.53. The van der Waals surface area contributed by atoms with Crippen LogP contribution in [0.4, 0.5) is 15.6 Å². The maximum atomic E-state index is 12.6. The van der Waals surface area contributed by atoms with E-state index in [2.05, 4.69) is 10.2 Å². The lowest BCUT2D eigenvalue weighted by atomic mass is 10.2. The van der Waals surface area contributed by atoms with Crippen LogP contribution in [0.1, 0.15) is 20.8 Å². The second-order valence-corrected chi connectivity index (χ2v) is 7.03. The van der Waals surface area contributed by atoms with Crippen LogP contribution in [0, 0.1) is 3.95 Å². The Hall–Kier alpha value is -1.93. The largest absolute Gasteiger partial charge is 0.495 e. The molecule has 1 aromatic carbocycles. The summed E-state index contributed by atoms with van der Waals surface area (Å²) in [4.78, 5) is 14.0. The fourth-order valence-electron chi connectivity index (χ4n) is 1.72. The number of ether oxygens (including phenoxy) is 2. The van der Waals surface area contributed by atoms with Gasteiger partial charge < -0.3 is 9.47 Å². The van der Waals surface area contributed by atoms with Crippen LogP contribution < -0.4 is 9.64 Å². The molecule has 1 N–H and O–H groups in total. The second-order valence-electron chi connectivity index (χ2n) is 5.38. The van der Waals surface area contributed by atoms with Gasteiger partial charge in [-0.3, -0.25) is 5.10 Å². The molecule has 1 aromatic heterocycles. The van der Waals surface area contributed by atoms with E-state index in [4.69, 9.17) is 21.7 Å². The number of methoxy groups -OCH3 is 1. The highest BCUT2D eigenvalue weighted by molar-refractivity contribution is 7.73. The van der Waals surface area contributed by atoms with Crippen molar-refractivity contribution in [2.45, 2.75) is 26.4 Å². The number of carbonyl (C=O) groups is 1. The highest BCUT2D eigenvalue weighted by Gasteiger charge is 2.29. The number of benzene rings is 1. The van der Waals surface area contributed by atoms with Gasteiger partial charge in [-0.25, -0.2) is 9.69 Å². The summed E-state index contributed by atoms with van der Waals surface area (Å²) < 4.78 is 11.3. The quantitative estimate of drug-likeness (QED) is 0.845. The van der Waals surface area contributed by atoms with E-state index < -0.39 is 11.7 Å². The average Bonchev–Trinajstić information content (AvgIpc) is 2.84. The highest BCUT2D eigenvalue weighted by Crippen LogP contribution is 2.35. The third kappa shape index (κ3) is 3.83. The molecule has 8 heteroatoms. The van der Waals surface area contributed by atoms with Crippen LogP contribution in [0.5, 0.6) is 5.75 Å². The summed E-state index contributed by atoms with van der Waals surface area (Å²) in [5, 5.41) is 7.14. The lowest BCUT2D eigenvalue weighted by Gasteiger charge is -2.26. The molecule has 0 aliphatic heterocycles. The molecule has 2 aromatic rings. The molecular weight excluding hydrogens is 322 g/mol. The van der Waals surface area contributed by atoms with Crippen LogP contribution in [-0.2, 0) is 4.74 Å². The minimum absolute atomic E-state index is 0.392.